The Morgan fingerprint density at radius 3 is 2.38 bits per heavy atom. The summed E-state index contributed by atoms with van der Waals surface area (Å²) in [6.07, 6.45) is 1.35. The molecule has 1 fully saturated rings. The number of aliphatic hydroxyl groups is 1. The second-order valence-corrected chi connectivity index (χ2v) is 11.1. The van der Waals surface area contributed by atoms with Gasteiger partial charge in [-0.25, -0.2) is 0 Å². The minimum Gasteiger partial charge on any atom is -0.465 e. The van der Waals surface area contributed by atoms with E-state index in [9.17, 15) is 19.5 Å². The van der Waals surface area contributed by atoms with Crippen LogP contribution in [0.15, 0.2) is 48.5 Å². The predicted molar refractivity (Wildman–Crippen MR) is 160 cm³/mol. The lowest BCUT2D eigenvalue weighted by Gasteiger charge is -2.35. The number of rotatable bonds is 14. The molecule has 2 aromatic carbocycles. The Hall–Kier alpha value is -2.63. The number of nitrogens with two attached hydrogens (primary N) is 1. The standard InChI is InChI=1S/C29H39ClN4O5S/c1-2-39-29(38)26(31)12-20-40-21-27(36)34(18-19-35)25-9-5-23(6-10-25)28(37)33-16-14-32(15-17-33)13-11-22-3-7-24(30)8-4-22/h3-10,26,35H,2,11-21,31H2,1H3. The molecule has 9 nitrogen and oxygen atoms in total. The Kier molecular flexibility index (Phi) is 13.2. The van der Waals surface area contributed by atoms with Crippen molar-refractivity contribution in [2.45, 2.75) is 25.8 Å². The number of ether oxygens (including phenoxy) is 1. The molecule has 3 N–H and O–H groups in total. The fraction of sp³-hybridized carbons (Fsp3) is 0.483. The van der Waals surface area contributed by atoms with Gasteiger partial charge in [-0.15, -0.1) is 0 Å². The maximum Gasteiger partial charge on any atom is 0.322 e. The van der Waals surface area contributed by atoms with Crippen LogP contribution in [0.25, 0.3) is 0 Å². The van der Waals surface area contributed by atoms with Gasteiger partial charge < -0.3 is 25.4 Å². The van der Waals surface area contributed by atoms with Gasteiger partial charge in [-0.1, -0.05) is 23.7 Å². The number of piperazine rings is 1. The van der Waals surface area contributed by atoms with Crippen molar-refractivity contribution in [3.05, 3.63) is 64.7 Å². The SMILES string of the molecule is CCOC(=O)C(N)CCSCC(=O)N(CCO)c1ccc(C(=O)N2CCN(CCc3ccc(Cl)cc3)CC2)cc1. The van der Waals surface area contributed by atoms with Gasteiger partial charge in [-0.3, -0.25) is 19.3 Å². The zero-order chi connectivity index (χ0) is 28.9. The van der Waals surface area contributed by atoms with E-state index in [2.05, 4.69) is 4.90 Å². The second-order valence-electron chi connectivity index (χ2n) is 9.53. The Morgan fingerprint density at radius 1 is 1.07 bits per heavy atom. The first-order chi connectivity index (χ1) is 19.3. The van der Waals surface area contributed by atoms with Gasteiger partial charge in [0.2, 0.25) is 5.91 Å². The number of carbonyl (C=O) groups excluding carboxylic acids is 3. The molecule has 0 bridgehead atoms. The maximum absolute atomic E-state index is 13.1. The molecule has 1 unspecified atom stereocenters. The van der Waals surface area contributed by atoms with Crippen LogP contribution in [0.5, 0.6) is 0 Å². The highest BCUT2D eigenvalue weighted by molar-refractivity contribution is 7.99. The molecule has 1 saturated heterocycles. The summed E-state index contributed by atoms with van der Waals surface area (Å²) in [5.74, 6) is 0.0657. The summed E-state index contributed by atoms with van der Waals surface area (Å²) >= 11 is 7.34. The van der Waals surface area contributed by atoms with E-state index in [1.54, 1.807) is 31.2 Å². The zero-order valence-corrected chi connectivity index (χ0v) is 24.5. The van der Waals surface area contributed by atoms with Crippen molar-refractivity contribution in [3.63, 3.8) is 0 Å². The average Bonchev–Trinajstić information content (AvgIpc) is 2.97. The molecule has 11 heteroatoms. The summed E-state index contributed by atoms with van der Waals surface area (Å²) < 4.78 is 4.90. The van der Waals surface area contributed by atoms with Crippen LogP contribution in [0.3, 0.4) is 0 Å². The van der Waals surface area contributed by atoms with Crippen LogP contribution in [0, 0.1) is 0 Å². The first kappa shape index (κ1) is 31.9. The van der Waals surface area contributed by atoms with E-state index in [-0.39, 0.29) is 37.3 Å². The van der Waals surface area contributed by atoms with Gasteiger partial charge in [0.15, 0.2) is 0 Å². The first-order valence-electron chi connectivity index (χ1n) is 13.6. The van der Waals surface area contributed by atoms with E-state index in [0.717, 1.165) is 31.1 Å². The highest BCUT2D eigenvalue weighted by Crippen LogP contribution is 2.19. The van der Waals surface area contributed by atoms with Crippen LogP contribution >= 0.6 is 23.4 Å². The van der Waals surface area contributed by atoms with E-state index >= 15 is 0 Å². The van der Waals surface area contributed by atoms with E-state index in [4.69, 9.17) is 22.1 Å². The summed E-state index contributed by atoms with van der Waals surface area (Å²) in [5, 5.41) is 10.2. The number of thioether (sulfide) groups is 1. The molecule has 2 amide bonds. The third-order valence-electron chi connectivity index (χ3n) is 6.73. The maximum atomic E-state index is 13.1. The minimum absolute atomic E-state index is 0.0302. The molecule has 1 aliphatic heterocycles. The highest BCUT2D eigenvalue weighted by atomic mass is 35.5. The average molecular weight is 591 g/mol. The molecule has 1 atom stereocenters. The van der Waals surface area contributed by atoms with Crippen molar-refractivity contribution < 1.29 is 24.2 Å². The highest BCUT2D eigenvalue weighted by Gasteiger charge is 2.23. The number of hydrogen-bond acceptors (Lipinski definition) is 8. The summed E-state index contributed by atoms with van der Waals surface area (Å²) in [5.41, 5.74) is 8.23. The molecule has 2 aromatic rings. The van der Waals surface area contributed by atoms with Gasteiger partial charge in [-0.2, -0.15) is 11.8 Å². The fourth-order valence-electron chi connectivity index (χ4n) is 4.39. The number of halogens is 1. The van der Waals surface area contributed by atoms with Crippen LogP contribution in [0.1, 0.15) is 29.3 Å². The van der Waals surface area contributed by atoms with Crippen molar-refractivity contribution >= 4 is 46.8 Å². The summed E-state index contributed by atoms with van der Waals surface area (Å²) in [4.78, 5) is 43.3. The lowest BCUT2D eigenvalue weighted by atomic mass is 10.1. The molecular formula is C29H39ClN4O5S. The summed E-state index contributed by atoms with van der Waals surface area (Å²) in [6, 6.07) is 14.1. The molecule has 0 aliphatic carbocycles. The number of anilines is 1. The van der Waals surface area contributed by atoms with Crippen LogP contribution in [-0.2, 0) is 20.7 Å². The molecular weight excluding hydrogens is 552 g/mol. The summed E-state index contributed by atoms with van der Waals surface area (Å²) in [7, 11) is 0. The third kappa shape index (κ3) is 9.78. The monoisotopic (exact) mass is 590 g/mol. The van der Waals surface area contributed by atoms with E-state index in [1.807, 2.05) is 29.2 Å². The number of amides is 2. The number of esters is 1. The number of hydrogen-bond donors (Lipinski definition) is 2. The number of nitrogens with zero attached hydrogens (tertiary/aromatic N) is 3. The van der Waals surface area contributed by atoms with Crippen LogP contribution in [0.2, 0.25) is 5.02 Å². The Bertz CT molecular complexity index is 1090. The van der Waals surface area contributed by atoms with Gasteiger partial charge in [-0.05, 0) is 67.5 Å². The van der Waals surface area contributed by atoms with E-state index in [0.29, 0.717) is 36.5 Å². The Balaban J connectivity index is 1.46. The first-order valence-corrected chi connectivity index (χ1v) is 15.1. The molecule has 0 saturated carbocycles. The summed E-state index contributed by atoms with van der Waals surface area (Å²) in [6.45, 7) is 5.85. The van der Waals surface area contributed by atoms with Crippen molar-refractivity contribution in [3.8, 4) is 0 Å². The molecule has 3 rings (SSSR count). The van der Waals surface area contributed by atoms with E-state index < -0.39 is 12.0 Å². The lowest BCUT2D eigenvalue weighted by Crippen LogP contribution is -2.49. The van der Waals surface area contributed by atoms with Crippen molar-refractivity contribution in [1.29, 1.82) is 0 Å². The molecule has 0 radical (unpaired) electrons. The van der Waals surface area contributed by atoms with Gasteiger partial charge in [0.25, 0.3) is 5.91 Å². The second kappa shape index (κ2) is 16.6. The number of aliphatic hydroxyl groups excluding tert-OH is 1. The normalized spacial score (nSPS) is 14.6. The molecule has 1 aliphatic rings. The molecule has 218 valence electrons. The van der Waals surface area contributed by atoms with Gasteiger partial charge in [0.1, 0.15) is 6.04 Å². The van der Waals surface area contributed by atoms with E-state index in [1.165, 1.54) is 22.2 Å². The van der Waals surface area contributed by atoms with Crippen molar-refractivity contribution in [1.82, 2.24) is 9.80 Å². The largest absolute Gasteiger partial charge is 0.465 e. The fourth-order valence-corrected chi connectivity index (χ4v) is 5.41. The topological polar surface area (TPSA) is 116 Å². The molecule has 0 aromatic heterocycles. The number of benzene rings is 2. The van der Waals surface area contributed by atoms with Crippen LogP contribution in [0.4, 0.5) is 5.69 Å². The number of carbonyl (C=O) groups is 3. The van der Waals surface area contributed by atoms with Gasteiger partial charge in [0, 0.05) is 55.5 Å². The van der Waals surface area contributed by atoms with Crippen LogP contribution in [-0.4, -0.2) is 103 Å². The Labute approximate surface area is 245 Å². The van der Waals surface area contributed by atoms with Crippen molar-refractivity contribution in [2.24, 2.45) is 5.73 Å². The lowest BCUT2D eigenvalue weighted by molar-refractivity contribution is -0.144. The minimum atomic E-state index is -0.710. The predicted octanol–water partition coefficient (Wildman–Crippen LogP) is 2.68. The zero-order valence-electron chi connectivity index (χ0n) is 23.0. The molecule has 40 heavy (non-hydrogen) atoms. The molecule has 0 spiro atoms. The Morgan fingerprint density at radius 2 is 1.75 bits per heavy atom. The van der Waals surface area contributed by atoms with Crippen LogP contribution < -0.4 is 10.6 Å². The van der Waals surface area contributed by atoms with Crippen molar-refractivity contribution in [2.75, 3.05) is 68.9 Å². The smallest absolute Gasteiger partial charge is 0.322 e. The quantitative estimate of drug-likeness (QED) is 0.255. The molecule has 1 heterocycles. The van der Waals surface area contributed by atoms with Gasteiger partial charge in [0.05, 0.1) is 19.0 Å². The van der Waals surface area contributed by atoms with Gasteiger partial charge >= 0.3 is 5.97 Å². The third-order valence-corrected chi connectivity index (χ3v) is 7.96.